The summed E-state index contributed by atoms with van der Waals surface area (Å²) >= 11 is 0. The van der Waals surface area contributed by atoms with Crippen LogP contribution in [0.5, 0.6) is 0 Å². The molecule has 2 fully saturated rings. The summed E-state index contributed by atoms with van der Waals surface area (Å²) in [5, 5.41) is 14.7. The van der Waals surface area contributed by atoms with Crippen molar-refractivity contribution in [1.82, 2.24) is 10.1 Å². The molecule has 114 valence electrons. The minimum atomic E-state index is -0.425. The van der Waals surface area contributed by atoms with Crippen LogP contribution in [-0.4, -0.2) is 27.6 Å². The first-order valence-electron chi connectivity index (χ1n) is 7.71. The van der Waals surface area contributed by atoms with Crippen molar-refractivity contribution >= 4 is 11.8 Å². The number of hydrogen-bond acceptors (Lipinski definition) is 5. The van der Waals surface area contributed by atoms with E-state index in [1.54, 1.807) is 13.0 Å². The van der Waals surface area contributed by atoms with Gasteiger partial charge < -0.3 is 9.42 Å². The van der Waals surface area contributed by atoms with Crippen molar-refractivity contribution < 1.29 is 9.45 Å². The van der Waals surface area contributed by atoms with Crippen molar-refractivity contribution in [2.24, 2.45) is 5.92 Å². The Morgan fingerprint density at radius 1 is 1.33 bits per heavy atom. The average molecular weight is 291 g/mol. The molecule has 1 aromatic heterocycles. The van der Waals surface area contributed by atoms with Gasteiger partial charge in [0.25, 0.3) is 0 Å². The largest absolute Gasteiger partial charge is 0.374 e. The highest BCUT2D eigenvalue weighted by Gasteiger charge is 2.32. The highest BCUT2D eigenvalue weighted by Crippen LogP contribution is 2.35. The lowest BCUT2D eigenvalue weighted by Gasteiger charge is -2.43. The number of hydrogen-bond donors (Lipinski definition) is 0. The standard InChI is InChI=1S/C15H21N3O3/c1-11-15(18(19)20)14(21-16-11)8-10-17-9-4-6-12-5-2-3-7-13(12)17/h8,10,12-13H,2-7,9H2,1H3/b10-8+/t12-,13+/m0/s1. The van der Waals surface area contributed by atoms with E-state index in [2.05, 4.69) is 10.1 Å². The van der Waals surface area contributed by atoms with Gasteiger partial charge in [-0.1, -0.05) is 18.0 Å². The number of aromatic nitrogens is 1. The molecule has 21 heavy (non-hydrogen) atoms. The second-order valence-electron chi connectivity index (χ2n) is 6.05. The summed E-state index contributed by atoms with van der Waals surface area (Å²) in [6, 6.07) is 0.590. The Bertz CT molecular complexity index is 550. The highest BCUT2D eigenvalue weighted by molar-refractivity contribution is 5.56. The van der Waals surface area contributed by atoms with E-state index in [0.29, 0.717) is 11.7 Å². The third-order valence-corrected chi connectivity index (χ3v) is 4.74. The van der Waals surface area contributed by atoms with Crippen LogP contribution in [0.4, 0.5) is 5.69 Å². The summed E-state index contributed by atoms with van der Waals surface area (Å²) in [5.41, 5.74) is 0.303. The minimum Gasteiger partial charge on any atom is -0.374 e. The van der Waals surface area contributed by atoms with E-state index in [4.69, 9.17) is 4.52 Å². The van der Waals surface area contributed by atoms with Crippen molar-refractivity contribution in [1.29, 1.82) is 0 Å². The summed E-state index contributed by atoms with van der Waals surface area (Å²) in [6.45, 7) is 2.62. The van der Waals surface area contributed by atoms with Crippen molar-refractivity contribution in [2.75, 3.05) is 6.54 Å². The lowest BCUT2D eigenvalue weighted by molar-refractivity contribution is -0.386. The first-order valence-corrected chi connectivity index (χ1v) is 7.71. The lowest BCUT2D eigenvalue weighted by Crippen LogP contribution is -2.43. The number of aryl methyl sites for hydroxylation is 1. The van der Waals surface area contributed by atoms with Gasteiger partial charge in [0.05, 0.1) is 4.92 Å². The Hall–Kier alpha value is -1.85. The van der Waals surface area contributed by atoms with Gasteiger partial charge in [-0.2, -0.15) is 0 Å². The van der Waals surface area contributed by atoms with Gasteiger partial charge in [-0.25, -0.2) is 0 Å². The zero-order valence-corrected chi connectivity index (χ0v) is 12.3. The minimum absolute atomic E-state index is 0.0246. The number of piperidine rings is 1. The normalized spacial score (nSPS) is 26.0. The fraction of sp³-hybridized carbons (Fsp3) is 0.667. The van der Waals surface area contributed by atoms with E-state index < -0.39 is 4.92 Å². The Kier molecular flexibility index (Phi) is 3.94. The van der Waals surface area contributed by atoms with E-state index in [1.807, 2.05) is 6.20 Å². The molecule has 1 aliphatic carbocycles. The van der Waals surface area contributed by atoms with Gasteiger partial charge in [0.1, 0.15) is 0 Å². The number of likely N-dealkylation sites (tertiary alicyclic amines) is 1. The number of fused-ring (bicyclic) bond motifs is 1. The molecule has 0 spiro atoms. The molecular weight excluding hydrogens is 270 g/mol. The molecule has 3 rings (SSSR count). The van der Waals surface area contributed by atoms with Gasteiger partial charge in [0.15, 0.2) is 5.69 Å². The molecule has 2 aliphatic rings. The molecule has 0 radical (unpaired) electrons. The van der Waals surface area contributed by atoms with Gasteiger partial charge in [-0.15, -0.1) is 0 Å². The van der Waals surface area contributed by atoms with E-state index >= 15 is 0 Å². The number of rotatable bonds is 3. The molecule has 1 aromatic rings. The molecular formula is C15H21N3O3. The van der Waals surface area contributed by atoms with Gasteiger partial charge in [0, 0.05) is 24.9 Å². The fourth-order valence-electron chi connectivity index (χ4n) is 3.73. The molecule has 6 nitrogen and oxygen atoms in total. The van der Waals surface area contributed by atoms with E-state index in [1.165, 1.54) is 38.5 Å². The maximum Gasteiger partial charge on any atom is 0.338 e. The molecule has 1 aliphatic heterocycles. The zero-order chi connectivity index (χ0) is 14.8. The topological polar surface area (TPSA) is 72.4 Å². The van der Waals surface area contributed by atoms with E-state index in [9.17, 15) is 10.1 Å². The Balaban J connectivity index is 1.77. The van der Waals surface area contributed by atoms with Crippen LogP contribution in [0.25, 0.3) is 6.08 Å². The van der Waals surface area contributed by atoms with Crippen LogP contribution in [-0.2, 0) is 0 Å². The summed E-state index contributed by atoms with van der Waals surface area (Å²) in [4.78, 5) is 13.0. The summed E-state index contributed by atoms with van der Waals surface area (Å²) < 4.78 is 5.08. The number of nitro groups is 1. The molecule has 0 unspecified atom stereocenters. The van der Waals surface area contributed by atoms with Crippen molar-refractivity contribution in [2.45, 2.75) is 51.5 Å². The molecule has 1 saturated heterocycles. The predicted molar refractivity (Wildman–Crippen MR) is 78.6 cm³/mol. The Labute approximate surface area is 123 Å². The molecule has 0 aromatic carbocycles. The SMILES string of the molecule is Cc1noc(/C=C/N2CCC[C@@H]3CCCC[C@H]32)c1[N+](=O)[O-]. The molecule has 2 heterocycles. The van der Waals surface area contributed by atoms with E-state index in [-0.39, 0.29) is 11.4 Å². The molecule has 2 atom stereocenters. The molecule has 6 heteroatoms. The first-order chi connectivity index (χ1) is 10.2. The van der Waals surface area contributed by atoms with Crippen LogP contribution < -0.4 is 0 Å². The molecule has 0 bridgehead atoms. The monoisotopic (exact) mass is 291 g/mol. The fourth-order valence-corrected chi connectivity index (χ4v) is 3.73. The Morgan fingerprint density at radius 2 is 2.10 bits per heavy atom. The molecule has 1 saturated carbocycles. The van der Waals surface area contributed by atoms with Crippen LogP contribution in [0, 0.1) is 23.0 Å². The third-order valence-electron chi connectivity index (χ3n) is 4.74. The molecule has 0 N–H and O–H groups in total. The van der Waals surface area contributed by atoms with Crippen molar-refractivity contribution in [3.8, 4) is 0 Å². The van der Waals surface area contributed by atoms with Crippen LogP contribution in [0.15, 0.2) is 10.7 Å². The predicted octanol–water partition coefficient (Wildman–Crippen LogP) is 3.52. The quantitative estimate of drug-likeness (QED) is 0.629. The van der Waals surface area contributed by atoms with Crippen molar-refractivity contribution in [3.63, 3.8) is 0 Å². The maximum absolute atomic E-state index is 11.0. The smallest absolute Gasteiger partial charge is 0.338 e. The third kappa shape index (κ3) is 2.80. The van der Waals surface area contributed by atoms with Gasteiger partial charge in [-0.05, 0) is 38.5 Å². The van der Waals surface area contributed by atoms with Crippen LogP contribution in [0.3, 0.4) is 0 Å². The van der Waals surface area contributed by atoms with Gasteiger partial charge in [0.2, 0.25) is 5.76 Å². The van der Waals surface area contributed by atoms with Crippen LogP contribution >= 0.6 is 0 Å². The summed E-state index contributed by atoms with van der Waals surface area (Å²) in [5.74, 6) is 1.03. The summed E-state index contributed by atoms with van der Waals surface area (Å²) in [6.07, 6.45) is 11.4. The maximum atomic E-state index is 11.0. The van der Waals surface area contributed by atoms with Gasteiger partial charge in [-0.3, -0.25) is 10.1 Å². The highest BCUT2D eigenvalue weighted by atomic mass is 16.6. The van der Waals surface area contributed by atoms with Crippen LogP contribution in [0.2, 0.25) is 0 Å². The molecule has 0 amide bonds. The summed E-state index contributed by atoms with van der Waals surface area (Å²) in [7, 11) is 0. The second kappa shape index (κ2) is 5.87. The zero-order valence-electron chi connectivity index (χ0n) is 12.3. The van der Waals surface area contributed by atoms with Gasteiger partial charge >= 0.3 is 5.69 Å². The number of nitrogens with zero attached hydrogens (tertiary/aromatic N) is 3. The average Bonchev–Trinajstić information content (AvgIpc) is 2.86. The Morgan fingerprint density at radius 3 is 2.90 bits per heavy atom. The van der Waals surface area contributed by atoms with E-state index in [0.717, 1.165) is 12.5 Å². The second-order valence-corrected chi connectivity index (χ2v) is 6.05. The lowest BCUT2D eigenvalue weighted by atomic mass is 9.78. The first kappa shape index (κ1) is 14.1. The van der Waals surface area contributed by atoms with Crippen molar-refractivity contribution in [3.05, 3.63) is 27.8 Å². The van der Waals surface area contributed by atoms with Crippen LogP contribution in [0.1, 0.15) is 50.0 Å².